The molecule has 2 aliphatic carbocycles. The van der Waals surface area contributed by atoms with Crippen molar-refractivity contribution < 1.29 is 4.79 Å². The Bertz CT molecular complexity index is 1010. The molecule has 2 N–H and O–H groups in total. The minimum absolute atomic E-state index is 0.0273. The maximum Gasteiger partial charge on any atom is 0.287 e. The highest BCUT2D eigenvalue weighted by molar-refractivity contribution is 7.18. The number of hydrogen-bond acceptors (Lipinski definition) is 5. The summed E-state index contributed by atoms with van der Waals surface area (Å²) in [5, 5.41) is 12.9. The molecule has 1 saturated carbocycles. The Morgan fingerprint density at radius 2 is 2.04 bits per heavy atom. The Morgan fingerprint density at radius 3 is 2.74 bits per heavy atom. The first-order valence-corrected chi connectivity index (χ1v) is 10.4. The zero-order chi connectivity index (χ0) is 19.2. The summed E-state index contributed by atoms with van der Waals surface area (Å²) in [6.45, 7) is 4.68. The van der Waals surface area contributed by atoms with E-state index in [1.165, 1.54) is 16.2 Å². The van der Waals surface area contributed by atoms with Crippen LogP contribution < -0.4 is 10.9 Å². The van der Waals surface area contributed by atoms with Crippen molar-refractivity contribution in [3.63, 3.8) is 0 Å². The van der Waals surface area contributed by atoms with E-state index in [0.717, 1.165) is 50.5 Å². The fourth-order valence-corrected chi connectivity index (χ4v) is 5.44. The van der Waals surface area contributed by atoms with Crippen molar-refractivity contribution in [3.05, 3.63) is 26.6 Å². The first-order chi connectivity index (χ1) is 12.8. The van der Waals surface area contributed by atoms with E-state index in [1.54, 1.807) is 0 Å². The van der Waals surface area contributed by atoms with Crippen molar-refractivity contribution in [2.75, 3.05) is 6.54 Å². The van der Waals surface area contributed by atoms with Crippen LogP contribution in [0, 0.1) is 22.2 Å². The van der Waals surface area contributed by atoms with Gasteiger partial charge in [0.1, 0.15) is 4.83 Å². The van der Waals surface area contributed by atoms with E-state index >= 15 is 0 Å². The fourth-order valence-electron chi connectivity index (χ4n) is 4.18. The number of thiophene rings is 1. The Kier molecular flexibility index (Phi) is 4.34. The summed E-state index contributed by atoms with van der Waals surface area (Å²) in [4.78, 5) is 34.1. The number of amides is 1. The van der Waals surface area contributed by atoms with E-state index in [-0.39, 0.29) is 28.1 Å². The minimum atomic E-state index is -0.336. The standard InChI is InChI=1S/C20H24N4O2S/c1-19(10-21)6-8-20(2,9-7-19)11-22-17(26)15-23-16(25)14-12-4-3-5-13(12)27-18(14)24-15/h3-9,11H2,1-2H3,(H,22,26)(H,23,24,25). The van der Waals surface area contributed by atoms with Crippen molar-refractivity contribution in [3.8, 4) is 6.07 Å². The van der Waals surface area contributed by atoms with Crippen LogP contribution in [0.5, 0.6) is 0 Å². The zero-order valence-electron chi connectivity index (χ0n) is 15.8. The summed E-state index contributed by atoms with van der Waals surface area (Å²) in [5.74, 6) is -0.244. The first-order valence-electron chi connectivity index (χ1n) is 9.57. The molecule has 4 rings (SSSR count). The summed E-state index contributed by atoms with van der Waals surface area (Å²) in [6, 6.07) is 2.41. The van der Waals surface area contributed by atoms with Crippen LogP contribution >= 0.6 is 11.3 Å². The van der Waals surface area contributed by atoms with Gasteiger partial charge in [0.15, 0.2) is 0 Å². The van der Waals surface area contributed by atoms with E-state index < -0.39 is 0 Å². The molecule has 2 aromatic heterocycles. The maximum atomic E-state index is 12.6. The smallest absolute Gasteiger partial charge is 0.287 e. The molecule has 2 heterocycles. The maximum absolute atomic E-state index is 12.6. The number of nitrogens with zero attached hydrogens (tertiary/aromatic N) is 2. The predicted octanol–water partition coefficient (Wildman–Crippen LogP) is 3.31. The predicted molar refractivity (Wildman–Crippen MR) is 105 cm³/mol. The largest absolute Gasteiger partial charge is 0.349 e. The van der Waals surface area contributed by atoms with Gasteiger partial charge in [-0.1, -0.05) is 6.92 Å². The van der Waals surface area contributed by atoms with Gasteiger partial charge < -0.3 is 10.3 Å². The molecule has 7 heteroatoms. The van der Waals surface area contributed by atoms with Gasteiger partial charge in [-0.2, -0.15) is 5.26 Å². The van der Waals surface area contributed by atoms with Gasteiger partial charge >= 0.3 is 0 Å². The Hall–Kier alpha value is -2.20. The van der Waals surface area contributed by atoms with Crippen LogP contribution in [0.3, 0.4) is 0 Å². The highest BCUT2D eigenvalue weighted by Gasteiger charge is 2.37. The Balaban J connectivity index is 1.48. The second kappa shape index (κ2) is 6.45. The van der Waals surface area contributed by atoms with Gasteiger partial charge in [-0.15, -0.1) is 11.3 Å². The van der Waals surface area contributed by atoms with Crippen molar-refractivity contribution in [2.24, 2.45) is 10.8 Å². The second-order valence-corrected chi connectivity index (χ2v) is 9.70. The van der Waals surface area contributed by atoms with Gasteiger partial charge in [0.25, 0.3) is 11.5 Å². The van der Waals surface area contributed by atoms with Crippen LogP contribution in [0.25, 0.3) is 10.2 Å². The number of aromatic nitrogens is 2. The molecule has 27 heavy (non-hydrogen) atoms. The number of rotatable bonds is 3. The van der Waals surface area contributed by atoms with Crippen LogP contribution in [-0.2, 0) is 12.8 Å². The topological polar surface area (TPSA) is 98.6 Å². The molecule has 1 amide bonds. The van der Waals surface area contributed by atoms with E-state index in [1.807, 2.05) is 6.92 Å². The lowest BCUT2D eigenvalue weighted by molar-refractivity contribution is 0.0881. The van der Waals surface area contributed by atoms with Crippen molar-refractivity contribution in [1.82, 2.24) is 15.3 Å². The molecule has 0 aliphatic heterocycles. The SMILES string of the molecule is CC1(C#N)CCC(C)(CNC(=O)c2nc3sc4c(c3c(=O)[nH]2)CCC4)CC1. The van der Waals surface area contributed by atoms with Gasteiger partial charge in [0.05, 0.1) is 16.9 Å². The molecule has 0 atom stereocenters. The summed E-state index contributed by atoms with van der Waals surface area (Å²) < 4.78 is 0. The molecule has 0 bridgehead atoms. The van der Waals surface area contributed by atoms with Crippen molar-refractivity contribution in [1.29, 1.82) is 5.26 Å². The second-order valence-electron chi connectivity index (χ2n) is 8.62. The van der Waals surface area contributed by atoms with Gasteiger partial charge in [0, 0.05) is 11.4 Å². The number of H-pyrrole nitrogens is 1. The number of hydrogen-bond donors (Lipinski definition) is 2. The van der Waals surface area contributed by atoms with Crippen LogP contribution in [-0.4, -0.2) is 22.4 Å². The molecular weight excluding hydrogens is 360 g/mol. The van der Waals surface area contributed by atoms with Crippen LogP contribution in [0.4, 0.5) is 0 Å². The highest BCUT2D eigenvalue weighted by Crippen LogP contribution is 2.44. The number of nitriles is 1. The van der Waals surface area contributed by atoms with E-state index in [2.05, 4.69) is 28.3 Å². The van der Waals surface area contributed by atoms with E-state index in [0.29, 0.717) is 16.8 Å². The summed E-state index contributed by atoms with van der Waals surface area (Å²) in [5.41, 5.74) is 0.630. The first kappa shape index (κ1) is 18.2. The lowest BCUT2D eigenvalue weighted by Crippen LogP contribution is -2.40. The minimum Gasteiger partial charge on any atom is -0.349 e. The number of carbonyl (C=O) groups is 1. The van der Waals surface area contributed by atoms with Crippen molar-refractivity contribution >= 4 is 27.5 Å². The summed E-state index contributed by atoms with van der Waals surface area (Å²) >= 11 is 1.54. The van der Waals surface area contributed by atoms with Crippen molar-refractivity contribution in [2.45, 2.75) is 58.8 Å². The average Bonchev–Trinajstić information content (AvgIpc) is 3.23. The lowest BCUT2D eigenvalue weighted by atomic mass is 9.66. The molecule has 142 valence electrons. The highest BCUT2D eigenvalue weighted by atomic mass is 32.1. The molecule has 0 saturated heterocycles. The van der Waals surface area contributed by atoms with Crippen LogP contribution in [0.2, 0.25) is 0 Å². The molecule has 0 spiro atoms. The fraction of sp³-hybridized carbons (Fsp3) is 0.600. The van der Waals surface area contributed by atoms with Gasteiger partial charge in [0.2, 0.25) is 5.82 Å². The third-order valence-electron chi connectivity index (χ3n) is 6.30. The van der Waals surface area contributed by atoms with Crippen LogP contribution in [0.1, 0.15) is 67.0 Å². The quantitative estimate of drug-likeness (QED) is 0.848. The molecule has 0 unspecified atom stereocenters. The molecule has 1 fully saturated rings. The van der Waals surface area contributed by atoms with E-state index in [9.17, 15) is 14.9 Å². The number of carbonyl (C=O) groups excluding carboxylic acids is 1. The number of aromatic amines is 1. The number of aryl methyl sites for hydroxylation is 2. The number of fused-ring (bicyclic) bond motifs is 3. The monoisotopic (exact) mass is 384 g/mol. The third kappa shape index (κ3) is 3.27. The molecule has 2 aliphatic rings. The molecule has 0 radical (unpaired) electrons. The summed E-state index contributed by atoms with van der Waals surface area (Å²) in [7, 11) is 0. The Morgan fingerprint density at radius 1 is 1.30 bits per heavy atom. The zero-order valence-corrected chi connectivity index (χ0v) is 16.6. The van der Waals surface area contributed by atoms with E-state index in [4.69, 9.17) is 0 Å². The van der Waals surface area contributed by atoms with Gasteiger partial charge in [-0.05, 0) is 62.8 Å². The normalized spacial score (nSPS) is 27.3. The summed E-state index contributed by atoms with van der Waals surface area (Å²) in [6.07, 6.45) is 6.50. The molecule has 2 aromatic rings. The van der Waals surface area contributed by atoms with Crippen LogP contribution in [0.15, 0.2) is 4.79 Å². The lowest BCUT2D eigenvalue weighted by Gasteiger charge is -2.39. The Labute approximate surface area is 162 Å². The third-order valence-corrected chi connectivity index (χ3v) is 7.48. The number of nitrogens with one attached hydrogen (secondary N) is 2. The molecular formula is C20H24N4O2S. The van der Waals surface area contributed by atoms with Gasteiger partial charge in [-0.3, -0.25) is 9.59 Å². The average molecular weight is 385 g/mol. The molecule has 6 nitrogen and oxygen atoms in total. The molecule has 0 aromatic carbocycles. The van der Waals surface area contributed by atoms with Gasteiger partial charge in [-0.25, -0.2) is 4.98 Å².